The molecule has 8 nitrogen and oxygen atoms in total. The van der Waals surface area contributed by atoms with Crippen molar-refractivity contribution < 1.29 is 14.4 Å². The van der Waals surface area contributed by atoms with Crippen LogP contribution in [-0.2, 0) is 9.59 Å². The van der Waals surface area contributed by atoms with Crippen LogP contribution in [0.3, 0.4) is 0 Å². The van der Waals surface area contributed by atoms with E-state index in [9.17, 15) is 14.4 Å². The van der Waals surface area contributed by atoms with Gasteiger partial charge in [0.15, 0.2) is 0 Å². The third-order valence-corrected chi connectivity index (χ3v) is 7.28. The molecule has 0 radical (unpaired) electrons. The van der Waals surface area contributed by atoms with Crippen molar-refractivity contribution in [3.63, 3.8) is 0 Å². The van der Waals surface area contributed by atoms with E-state index in [1.54, 1.807) is 11.8 Å². The number of likely N-dealkylation sites (tertiary alicyclic amines) is 2. The van der Waals surface area contributed by atoms with Gasteiger partial charge in [-0.3, -0.25) is 19.3 Å². The van der Waals surface area contributed by atoms with Crippen molar-refractivity contribution in [2.45, 2.75) is 70.6 Å². The molecule has 174 valence electrons. The predicted molar refractivity (Wildman–Crippen MR) is 123 cm³/mol. The molecule has 0 aromatic heterocycles. The second kappa shape index (κ2) is 9.10. The molecule has 4 rings (SSSR count). The number of hydrogen-bond donors (Lipinski definition) is 3. The largest absolute Gasteiger partial charge is 0.362 e. The van der Waals surface area contributed by atoms with Gasteiger partial charge in [0.05, 0.1) is 5.56 Å². The Morgan fingerprint density at radius 1 is 1.25 bits per heavy atom. The first-order chi connectivity index (χ1) is 15.3. The molecule has 3 aliphatic rings. The fraction of sp³-hybridized carbons (Fsp3) is 0.625. The molecule has 3 N–H and O–H groups in total. The van der Waals surface area contributed by atoms with Gasteiger partial charge in [0, 0.05) is 37.7 Å². The summed E-state index contributed by atoms with van der Waals surface area (Å²) < 4.78 is 0. The van der Waals surface area contributed by atoms with Gasteiger partial charge in [-0.05, 0) is 63.9 Å². The maximum Gasteiger partial charge on any atom is 0.255 e. The summed E-state index contributed by atoms with van der Waals surface area (Å²) in [7, 11) is 0. The molecule has 1 spiro atoms. The lowest BCUT2D eigenvalue weighted by Gasteiger charge is -2.40. The summed E-state index contributed by atoms with van der Waals surface area (Å²) in [5, 5.41) is 9.65. The van der Waals surface area contributed by atoms with Crippen LogP contribution in [0.1, 0.15) is 61.9 Å². The molecule has 0 saturated carbocycles. The molecule has 3 amide bonds. The third-order valence-electron chi connectivity index (χ3n) is 7.28. The van der Waals surface area contributed by atoms with Crippen molar-refractivity contribution in [3.05, 3.63) is 29.3 Å². The minimum atomic E-state index is -0.677. The van der Waals surface area contributed by atoms with Crippen molar-refractivity contribution in [1.29, 1.82) is 0 Å². The molecular formula is C24H35N5O3. The maximum atomic E-state index is 12.9. The molecule has 0 aliphatic carbocycles. The average molecular weight is 442 g/mol. The first kappa shape index (κ1) is 22.6. The Morgan fingerprint density at radius 2 is 2.06 bits per heavy atom. The lowest BCUT2D eigenvalue weighted by molar-refractivity contribution is -0.139. The fourth-order valence-corrected chi connectivity index (χ4v) is 5.27. The van der Waals surface area contributed by atoms with E-state index in [0.717, 1.165) is 37.2 Å². The number of amides is 3. The minimum absolute atomic E-state index is 0.0494. The van der Waals surface area contributed by atoms with Crippen LogP contribution in [0.4, 0.5) is 5.69 Å². The van der Waals surface area contributed by atoms with Crippen LogP contribution >= 0.6 is 0 Å². The van der Waals surface area contributed by atoms with Gasteiger partial charge in [-0.1, -0.05) is 13.0 Å². The second-order valence-electron chi connectivity index (χ2n) is 9.39. The van der Waals surface area contributed by atoms with Crippen molar-refractivity contribution in [1.82, 2.24) is 20.4 Å². The molecule has 3 heterocycles. The molecule has 3 atom stereocenters. The number of benzene rings is 1. The SMILES string of the molecule is CCN1CCC[C@H]1CNC(=O)[C@@H](C)N1CC[C@]2(CCC1=O)NC(=O)c1ccc(C)cc1N2. The van der Waals surface area contributed by atoms with Crippen LogP contribution < -0.4 is 16.0 Å². The number of likely N-dealkylation sites (N-methyl/N-ethyl adjacent to an activating group) is 1. The first-order valence-corrected chi connectivity index (χ1v) is 11.8. The van der Waals surface area contributed by atoms with E-state index in [1.807, 2.05) is 25.1 Å². The second-order valence-corrected chi connectivity index (χ2v) is 9.39. The minimum Gasteiger partial charge on any atom is -0.362 e. The summed E-state index contributed by atoms with van der Waals surface area (Å²) >= 11 is 0. The van der Waals surface area contributed by atoms with E-state index in [-0.39, 0.29) is 24.1 Å². The van der Waals surface area contributed by atoms with Crippen molar-refractivity contribution in [2.24, 2.45) is 0 Å². The molecule has 32 heavy (non-hydrogen) atoms. The number of anilines is 1. The summed E-state index contributed by atoms with van der Waals surface area (Å²) in [6, 6.07) is 5.55. The number of fused-ring (bicyclic) bond motifs is 1. The maximum absolute atomic E-state index is 12.9. The number of rotatable bonds is 5. The number of carbonyl (C=O) groups is 3. The molecule has 0 unspecified atom stereocenters. The van der Waals surface area contributed by atoms with Crippen LogP contribution in [-0.4, -0.2) is 71.4 Å². The van der Waals surface area contributed by atoms with Gasteiger partial charge in [-0.15, -0.1) is 0 Å². The zero-order chi connectivity index (χ0) is 22.9. The Hall–Kier alpha value is -2.61. The molecule has 8 heteroatoms. The van der Waals surface area contributed by atoms with Crippen LogP contribution in [0, 0.1) is 6.92 Å². The lowest BCUT2D eigenvalue weighted by Crippen LogP contribution is -2.58. The number of nitrogens with zero attached hydrogens (tertiary/aromatic N) is 2. The number of hydrogen-bond acceptors (Lipinski definition) is 5. The van der Waals surface area contributed by atoms with Gasteiger partial charge in [0.25, 0.3) is 5.91 Å². The molecule has 3 aliphatic heterocycles. The smallest absolute Gasteiger partial charge is 0.255 e. The monoisotopic (exact) mass is 441 g/mol. The average Bonchev–Trinajstić information content (AvgIpc) is 3.17. The van der Waals surface area contributed by atoms with Crippen LogP contribution in [0.15, 0.2) is 18.2 Å². The predicted octanol–water partition coefficient (Wildman–Crippen LogP) is 1.85. The van der Waals surface area contributed by atoms with Gasteiger partial charge in [-0.2, -0.15) is 0 Å². The van der Waals surface area contributed by atoms with Crippen LogP contribution in [0.2, 0.25) is 0 Å². The number of aryl methyl sites for hydroxylation is 1. The molecular weight excluding hydrogens is 406 g/mol. The Morgan fingerprint density at radius 3 is 2.84 bits per heavy atom. The highest BCUT2D eigenvalue weighted by atomic mass is 16.2. The Balaban J connectivity index is 1.40. The van der Waals surface area contributed by atoms with E-state index in [1.165, 1.54) is 0 Å². The van der Waals surface area contributed by atoms with Crippen molar-refractivity contribution in [2.75, 3.05) is 31.5 Å². The number of carbonyl (C=O) groups excluding carboxylic acids is 3. The van der Waals surface area contributed by atoms with E-state index in [0.29, 0.717) is 37.5 Å². The first-order valence-electron chi connectivity index (χ1n) is 11.8. The lowest BCUT2D eigenvalue weighted by atomic mass is 9.94. The van der Waals surface area contributed by atoms with Crippen molar-refractivity contribution in [3.8, 4) is 0 Å². The van der Waals surface area contributed by atoms with Crippen LogP contribution in [0.5, 0.6) is 0 Å². The summed E-state index contributed by atoms with van der Waals surface area (Å²) in [6.45, 7) is 9.04. The zero-order valence-electron chi connectivity index (χ0n) is 19.4. The normalized spacial score (nSPS) is 26.8. The van der Waals surface area contributed by atoms with E-state index >= 15 is 0 Å². The summed E-state index contributed by atoms with van der Waals surface area (Å²) in [4.78, 5) is 42.6. The van der Waals surface area contributed by atoms with Gasteiger partial charge < -0.3 is 20.9 Å². The van der Waals surface area contributed by atoms with Gasteiger partial charge in [0.2, 0.25) is 11.8 Å². The Bertz CT molecular complexity index is 904. The Labute approximate surface area is 190 Å². The summed E-state index contributed by atoms with van der Waals surface area (Å²) in [6.07, 6.45) is 3.57. The molecule has 2 saturated heterocycles. The highest BCUT2D eigenvalue weighted by Gasteiger charge is 2.42. The van der Waals surface area contributed by atoms with Gasteiger partial charge in [0.1, 0.15) is 11.7 Å². The van der Waals surface area contributed by atoms with E-state index in [4.69, 9.17) is 0 Å². The molecule has 0 bridgehead atoms. The molecule has 1 aromatic carbocycles. The van der Waals surface area contributed by atoms with Crippen molar-refractivity contribution >= 4 is 23.4 Å². The molecule has 1 aromatic rings. The zero-order valence-corrected chi connectivity index (χ0v) is 19.4. The topological polar surface area (TPSA) is 93.8 Å². The van der Waals surface area contributed by atoms with Gasteiger partial charge in [-0.25, -0.2) is 0 Å². The summed E-state index contributed by atoms with van der Waals surface area (Å²) in [5.74, 6) is -0.284. The quantitative estimate of drug-likeness (QED) is 0.648. The highest BCUT2D eigenvalue weighted by molar-refractivity contribution is 6.02. The Kier molecular flexibility index (Phi) is 6.42. The highest BCUT2D eigenvalue weighted by Crippen LogP contribution is 2.32. The van der Waals surface area contributed by atoms with Gasteiger partial charge >= 0.3 is 0 Å². The van der Waals surface area contributed by atoms with E-state index < -0.39 is 11.7 Å². The summed E-state index contributed by atoms with van der Waals surface area (Å²) in [5.41, 5.74) is 1.82. The van der Waals surface area contributed by atoms with Crippen LogP contribution in [0.25, 0.3) is 0 Å². The number of nitrogens with one attached hydrogen (secondary N) is 3. The van der Waals surface area contributed by atoms with E-state index in [2.05, 4.69) is 27.8 Å². The third kappa shape index (κ3) is 4.46. The standard InChI is InChI=1S/C24H35N5O3/c1-4-28-12-5-6-18(28)15-25-22(31)17(3)29-13-11-24(10-9-21(29)30)26-20-14-16(2)7-8-19(20)23(32)27-24/h7-8,14,17-18,26H,4-6,9-13,15H2,1-3H3,(H,25,31)(H,27,32)/t17-,18+,24+/m1/s1. The molecule has 2 fully saturated rings. The fourth-order valence-electron chi connectivity index (χ4n) is 5.27.